The summed E-state index contributed by atoms with van der Waals surface area (Å²) in [7, 11) is 0. The van der Waals surface area contributed by atoms with Crippen LogP contribution in [-0.2, 0) is 6.42 Å². The number of fused-ring (bicyclic) bond motifs is 1. The predicted octanol–water partition coefficient (Wildman–Crippen LogP) is 3.62. The molecule has 0 amide bonds. The maximum Gasteiger partial charge on any atom is 0.573 e. The van der Waals surface area contributed by atoms with Crippen molar-refractivity contribution in [1.29, 1.82) is 0 Å². The number of benzene rings is 1. The van der Waals surface area contributed by atoms with Gasteiger partial charge in [0, 0.05) is 6.54 Å². The van der Waals surface area contributed by atoms with Gasteiger partial charge in [-0.1, -0.05) is 12.1 Å². The van der Waals surface area contributed by atoms with Gasteiger partial charge in [-0.05, 0) is 61.2 Å². The van der Waals surface area contributed by atoms with Crippen molar-refractivity contribution in [3.63, 3.8) is 0 Å². The van der Waals surface area contributed by atoms with Crippen LogP contribution in [0.3, 0.4) is 0 Å². The summed E-state index contributed by atoms with van der Waals surface area (Å²) in [5, 5.41) is 0. The number of hydrogen-bond donors (Lipinski definition) is 0. The molecule has 0 radical (unpaired) electrons. The molecule has 5 heteroatoms. The third kappa shape index (κ3) is 2.98. The minimum absolute atomic E-state index is 0.131. The van der Waals surface area contributed by atoms with Gasteiger partial charge < -0.3 is 4.74 Å². The van der Waals surface area contributed by atoms with Crippen molar-refractivity contribution in [2.24, 2.45) is 0 Å². The fourth-order valence-electron chi connectivity index (χ4n) is 2.69. The molecule has 0 N–H and O–H groups in total. The van der Waals surface area contributed by atoms with E-state index in [-0.39, 0.29) is 5.75 Å². The van der Waals surface area contributed by atoms with Gasteiger partial charge in [-0.3, -0.25) is 4.90 Å². The molecule has 1 aliphatic heterocycles. The molecule has 1 heterocycles. The third-order valence-electron chi connectivity index (χ3n) is 3.87. The van der Waals surface area contributed by atoms with Crippen LogP contribution in [0.1, 0.15) is 24.0 Å². The number of aryl methyl sites for hydroxylation is 1. The zero-order chi connectivity index (χ0) is 14.2. The first kappa shape index (κ1) is 13.5. The number of ether oxygens (including phenoxy) is 1. The monoisotopic (exact) mass is 283 g/mol. The number of halogens is 3. The molecule has 1 fully saturated rings. The molecule has 0 aromatic heterocycles. The molecule has 20 heavy (non-hydrogen) atoms. The first-order chi connectivity index (χ1) is 9.51. The number of likely N-dealkylation sites (tertiary alicyclic amines) is 1. The summed E-state index contributed by atoms with van der Waals surface area (Å²) in [5.41, 5.74) is 3.15. The first-order valence-electron chi connectivity index (χ1n) is 6.82. The minimum Gasteiger partial charge on any atom is -0.406 e. The molecule has 2 nitrogen and oxygen atoms in total. The maximum atomic E-state index is 12.3. The Morgan fingerprint density at radius 3 is 2.65 bits per heavy atom. The van der Waals surface area contributed by atoms with Gasteiger partial charge in [0.1, 0.15) is 5.75 Å². The van der Waals surface area contributed by atoms with Crippen LogP contribution in [0.25, 0.3) is 5.57 Å². The second-order valence-electron chi connectivity index (χ2n) is 5.25. The van der Waals surface area contributed by atoms with Crippen molar-refractivity contribution >= 4 is 5.57 Å². The van der Waals surface area contributed by atoms with Crippen molar-refractivity contribution < 1.29 is 17.9 Å². The largest absolute Gasteiger partial charge is 0.573 e. The number of rotatable bonds is 3. The maximum absolute atomic E-state index is 12.3. The summed E-state index contributed by atoms with van der Waals surface area (Å²) in [6.07, 6.45) is 0.548. The highest BCUT2D eigenvalue weighted by atomic mass is 19.4. The average molecular weight is 283 g/mol. The summed E-state index contributed by atoms with van der Waals surface area (Å²) in [4.78, 5) is 2.32. The summed E-state index contributed by atoms with van der Waals surface area (Å²) in [5.74, 6) is -0.131. The average Bonchev–Trinajstić information content (AvgIpc) is 2.68. The van der Waals surface area contributed by atoms with Gasteiger partial charge in [0.25, 0.3) is 0 Å². The highest BCUT2D eigenvalue weighted by Crippen LogP contribution is 2.36. The Morgan fingerprint density at radius 2 is 2.00 bits per heavy atom. The van der Waals surface area contributed by atoms with Crippen LogP contribution >= 0.6 is 0 Å². The fraction of sp³-hybridized carbons (Fsp3) is 0.467. The van der Waals surface area contributed by atoms with Gasteiger partial charge in [-0.15, -0.1) is 13.2 Å². The fourth-order valence-corrected chi connectivity index (χ4v) is 2.69. The normalized spacial score (nSPS) is 20.9. The lowest BCUT2D eigenvalue weighted by Gasteiger charge is -2.29. The summed E-state index contributed by atoms with van der Waals surface area (Å²) in [6.45, 7) is 3.13. The highest BCUT2D eigenvalue weighted by Gasteiger charge is 2.31. The van der Waals surface area contributed by atoms with E-state index in [4.69, 9.17) is 0 Å². The van der Waals surface area contributed by atoms with E-state index in [1.54, 1.807) is 6.07 Å². The Morgan fingerprint density at radius 1 is 1.20 bits per heavy atom. The molecule has 1 aromatic rings. The van der Waals surface area contributed by atoms with Crippen molar-refractivity contribution in [3.05, 3.63) is 35.4 Å². The Kier molecular flexibility index (Phi) is 3.46. The molecule has 0 saturated carbocycles. The number of nitrogens with zero attached hydrogens (tertiary/aromatic N) is 1. The predicted molar refractivity (Wildman–Crippen MR) is 70.5 cm³/mol. The summed E-state index contributed by atoms with van der Waals surface area (Å²) < 4.78 is 40.8. The van der Waals surface area contributed by atoms with E-state index < -0.39 is 6.36 Å². The molecule has 0 spiro atoms. The van der Waals surface area contributed by atoms with Gasteiger partial charge >= 0.3 is 6.36 Å². The summed E-state index contributed by atoms with van der Waals surface area (Å²) >= 11 is 0. The zero-order valence-corrected chi connectivity index (χ0v) is 11.0. The Hall–Kier alpha value is -1.49. The Labute approximate surface area is 115 Å². The minimum atomic E-state index is -4.63. The lowest BCUT2D eigenvalue weighted by Crippen LogP contribution is -2.37. The molecular formula is C15H16F3NO. The molecule has 0 atom stereocenters. The van der Waals surface area contributed by atoms with E-state index in [0.29, 0.717) is 0 Å². The van der Waals surface area contributed by atoms with E-state index in [9.17, 15) is 13.2 Å². The van der Waals surface area contributed by atoms with Crippen molar-refractivity contribution in [2.45, 2.75) is 25.6 Å². The van der Waals surface area contributed by atoms with Crippen molar-refractivity contribution in [3.8, 4) is 5.75 Å². The molecule has 3 rings (SSSR count). The lowest BCUT2D eigenvalue weighted by atomic mass is 10.1. The molecule has 1 saturated heterocycles. The topological polar surface area (TPSA) is 12.5 Å². The standard InChI is InChI=1S/C15H16F3NO/c16-15(17,18)20-13-5-4-11-2-3-12(14(11)10-13)6-9-19-7-1-8-19/h4-6,10H,1-3,7-9H2/b12-6+. The zero-order valence-electron chi connectivity index (χ0n) is 11.0. The second kappa shape index (κ2) is 5.13. The number of allylic oxidation sites excluding steroid dienone is 1. The van der Waals surface area contributed by atoms with E-state index in [1.807, 2.05) is 0 Å². The smallest absolute Gasteiger partial charge is 0.406 e. The van der Waals surface area contributed by atoms with Crippen LogP contribution in [0.2, 0.25) is 0 Å². The van der Waals surface area contributed by atoms with Gasteiger partial charge in [-0.2, -0.15) is 0 Å². The molecule has 0 unspecified atom stereocenters. The SMILES string of the molecule is FC(F)(F)Oc1ccc2c(c1)/C(=C/CN1CCC1)CC2. The van der Waals surface area contributed by atoms with Crippen LogP contribution in [-0.4, -0.2) is 30.9 Å². The van der Waals surface area contributed by atoms with E-state index in [1.165, 1.54) is 18.6 Å². The first-order valence-corrected chi connectivity index (χ1v) is 6.82. The summed E-state index contributed by atoms with van der Waals surface area (Å²) in [6, 6.07) is 4.64. The van der Waals surface area contributed by atoms with Gasteiger partial charge in [-0.25, -0.2) is 0 Å². The van der Waals surface area contributed by atoms with Crippen molar-refractivity contribution in [1.82, 2.24) is 4.90 Å². The molecule has 2 aliphatic rings. The molecule has 1 aromatic carbocycles. The van der Waals surface area contributed by atoms with Crippen LogP contribution < -0.4 is 4.74 Å². The van der Waals surface area contributed by atoms with Crippen LogP contribution in [0.5, 0.6) is 5.75 Å². The number of hydrogen-bond acceptors (Lipinski definition) is 2. The molecule has 108 valence electrons. The third-order valence-corrected chi connectivity index (χ3v) is 3.87. The van der Waals surface area contributed by atoms with Gasteiger partial charge in [0.05, 0.1) is 0 Å². The highest BCUT2D eigenvalue weighted by molar-refractivity contribution is 5.73. The van der Waals surface area contributed by atoms with E-state index in [0.717, 1.165) is 49.2 Å². The quantitative estimate of drug-likeness (QED) is 0.840. The van der Waals surface area contributed by atoms with Crippen LogP contribution in [0, 0.1) is 0 Å². The Balaban J connectivity index is 1.78. The van der Waals surface area contributed by atoms with Crippen LogP contribution in [0.4, 0.5) is 13.2 Å². The second-order valence-corrected chi connectivity index (χ2v) is 5.25. The molecule has 0 bridgehead atoms. The van der Waals surface area contributed by atoms with Gasteiger partial charge in [0.2, 0.25) is 0 Å². The van der Waals surface area contributed by atoms with E-state index >= 15 is 0 Å². The van der Waals surface area contributed by atoms with Crippen molar-refractivity contribution in [2.75, 3.05) is 19.6 Å². The van der Waals surface area contributed by atoms with E-state index in [2.05, 4.69) is 15.7 Å². The van der Waals surface area contributed by atoms with Crippen LogP contribution in [0.15, 0.2) is 24.3 Å². The number of alkyl halides is 3. The Bertz CT molecular complexity index is 532. The molecule has 1 aliphatic carbocycles. The van der Waals surface area contributed by atoms with Gasteiger partial charge in [0.15, 0.2) is 0 Å². The lowest BCUT2D eigenvalue weighted by molar-refractivity contribution is -0.274. The molecular weight excluding hydrogens is 267 g/mol.